The number of amides is 2. The van der Waals surface area contributed by atoms with Gasteiger partial charge in [-0.25, -0.2) is 4.68 Å². The summed E-state index contributed by atoms with van der Waals surface area (Å²) in [6.45, 7) is 6.61. The lowest BCUT2D eigenvalue weighted by Gasteiger charge is -2.35. The molecule has 0 fully saturated rings. The first kappa shape index (κ1) is 27.0. The number of aromatic nitrogens is 3. The van der Waals surface area contributed by atoms with E-state index in [1.807, 2.05) is 45.0 Å². The minimum absolute atomic E-state index is 0.133. The Balaban J connectivity index is 1.62. The fraction of sp³-hybridized carbons (Fsp3) is 0.333. The Morgan fingerprint density at radius 1 is 1.05 bits per heavy atom. The van der Waals surface area contributed by atoms with E-state index >= 15 is 0 Å². The molecule has 1 aromatic heterocycles. The van der Waals surface area contributed by atoms with Crippen LogP contribution in [0, 0.1) is 0 Å². The smallest absolute Gasteiger partial charge is 0.249 e. The third-order valence-electron chi connectivity index (χ3n) is 7.06. The molecular weight excluding hydrogens is 510 g/mol. The van der Waals surface area contributed by atoms with Crippen LogP contribution < -0.4 is 24.4 Å². The van der Waals surface area contributed by atoms with Crippen LogP contribution in [0.15, 0.2) is 66.7 Å². The van der Waals surface area contributed by atoms with E-state index in [0.717, 1.165) is 5.52 Å². The summed E-state index contributed by atoms with van der Waals surface area (Å²) in [5, 5.41) is 11.5. The van der Waals surface area contributed by atoms with Crippen LogP contribution in [0.1, 0.15) is 38.8 Å². The zero-order valence-corrected chi connectivity index (χ0v) is 23.1. The highest BCUT2D eigenvalue weighted by Crippen LogP contribution is 2.38. The van der Waals surface area contributed by atoms with Gasteiger partial charge < -0.3 is 19.5 Å². The molecule has 40 heavy (non-hydrogen) atoms. The highest BCUT2D eigenvalue weighted by Gasteiger charge is 2.36. The Kier molecular flexibility index (Phi) is 7.59. The number of nitrogens with zero attached hydrogens (tertiary/aromatic N) is 4. The summed E-state index contributed by atoms with van der Waals surface area (Å²) < 4.78 is 18.4. The average Bonchev–Trinajstić information content (AvgIpc) is 3.38. The summed E-state index contributed by atoms with van der Waals surface area (Å²) in [4.78, 5) is 29.8. The minimum atomic E-state index is -0.999. The first-order chi connectivity index (χ1) is 19.3. The molecule has 1 N–H and O–H groups in total. The number of hydrogen-bond donors (Lipinski definition) is 1. The quantitative estimate of drug-likeness (QED) is 0.336. The monoisotopic (exact) mass is 543 g/mol. The molecule has 0 unspecified atom stereocenters. The molecular formula is C30H33N5O5. The normalized spacial score (nSPS) is 13.5. The van der Waals surface area contributed by atoms with Crippen molar-refractivity contribution in [2.24, 2.45) is 0 Å². The van der Waals surface area contributed by atoms with Crippen molar-refractivity contribution in [3.63, 3.8) is 0 Å². The van der Waals surface area contributed by atoms with E-state index in [1.54, 1.807) is 54.3 Å². The molecule has 2 amide bonds. The van der Waals surface area contributed by atoms with Crippen molar-refractivity contribution in [1.82, 2.24) is 20.3 Å². The Bertz CT molecular complexity index is 1510. The van der Waals surface area contributed by atoms with E-state index in [4.69, 9.17) is 14.2 Å². The fourth-order valence-corrected chi connectivity index (χ4v) is 4.55. The van der Waals surface area contributed by atoms with Gasteiger partial charge in [-0.3, -0.25) is 14.5 Å². The molecule has 1 aliphatic heterocycles. The standard InChI is InChI=1S/C30H33N5O5/c1-5-30(2,3)31-29(37)28(20-10-13-22(38-4)14-11-20)35(21-12-15-25-26(18-21)40-17-16-39-25)27(36)19-34-24-9-7-6-8-23(24)32-33-34/h6-15,18,28H,5,16-17,19H2,1-4H3,(H,31,37)/t28-/m0/s1. The number of rotatable bonds is 9. The number of carbonyl (C=O) groups is 2. The van der Waals surface area contributed by atoms with Crippen LogP contribution in [0.25, 0.3) is 11.0 Å². The first-order valence-corrected chi connectivity index (χ1v) is 13.3. The third kappa shape index (κ3) is 5.56. The Morgan fingerprint density at radius 2 is 1.77 bits per heavy atom. The molecule has 208 valence electrons. The summed E-state index contributed by atoms with van der Waals surface area (Å²) in [7, 11) is 1.58. The summed E-state index contributed by atoms with van der Waals surface area (Å²) >= 11 is 0. The number of methoxy groups -OCH3 is 1. The molecule has 0 bridgehead atoms. The van der Waals surface area contributed by atoms with Crippen LogP contribution in [0.5, 0.6) is 17.2 Å². The lowest BCUT2D eigenvalue weighted by atomic mass is 9.98. The predicted molar refractivity (Wildman–Crippen MR) is 151 cm³/mol. The van der Waals surface area contributed by atoms with E-state index in [0.29, 0.717) is 53.7 Å². The van der Waals surface area contributed by atoms with Gasteiger partial charge in [-0.05, 0) is 62.2 Å². The number of fused-ring (bicyclic) bond motifs is 2. The summed E-state index contributed by atoms with van der Waals surface area (Å²) in [6.07, 6.45) is 0.705. The number of para-hydroxylation sites is 1. The molecule has 1 atom stereocenters. The first-order valence-electron chi connectivity index (χ1n) is 13.3. The van der Waals surface area contributed by atoms with Gasteiger partial charge >= 0.3 is 0 Å². The predicted octanol–water partition coefficient (Wildman–Crippen LogP) is 4.29. The Hall–Kier alpha value is -4.60. The summed E-state index contributed by atoms with van der Waals surface area (Å²) in [5.41, 5.74) is 2.01. The zero-order chi connectivity index (χ0) is 28.3. The highest BCUT2D eigenvalue weighted by atomic mass is 16.6. The number of anilines is 1. The largest absolute Gasteiger partial charge is 0.497 e. The van der Waals surface area contributed by atoms with Gasteiger partial charge in [0.1, 0.15) is 37.1 Å². The fourth-order valence-electron chi connectivity index (χ4n) is 4.55. The average molecular weight is 544 g/mol. The molecule has 10 heteroatoms. The molecule has 10 nitrogen and oxygen atoms in total. The Labute approximate surface area is 232 Å². The molecule has 2 heterocycles. The molecule has 0 radical (unpaired) electrons. The maximum atomic E-state index is 14.3. The van der Waals surface area contributed by atoms with Crippen LogP contribution >= 0.6 is 0 Å². The van der Waals surface area contributed by atoms with Crippen LogP contribution in [-0.4, -0.2) is 52.7 Å². The molecule has 1 aliphatic rings. The minimum Gasteiger partial charge on any atom is -0.497 e. The molecule has 0 saturated heterocycles. The van der Waals surface area contributed by atoms with Crippen LogP contribution in [-0.2, 0) is 16.1 Å². The lowest BCUT2D eigenvalue weighted by molar-refractivity contribution is -0.128. The molecule has 3 aromatic carbocycles. The molecule has 5 rings (SSSR count). The lowest BCUT2D eigenvalue weighted by Crippen LogP contribution is -2.51. The van der Waals surface area contributed by atoms with Gasteiger partial charge in [-0.2, -0.15) is 0 Å². The van der Waals surface area contributed by atoms with Gasteiger partial charge in [0.2, 0.25) is 11.8 Å². The van der Waals surface area contributed by atoms with Crippen LogP contribution in [0.4, 0.5) is 5.69 Å². The van der Waals surface area contributed by atoms with Gasteiger partial charge in [0.05, 0.1) is 12.6 Å². The number of carbonyl (C=O) groups excluding carboxylic acids is 2. The van der Waals surface area contributed by atoms with Crippen molar-refractivity contribution < 1.29 is 23.8 Å². The van der Waals surface area contributed by atoms with Crippen molar-refractivity contribution in [1.29, 1.82) is 0 Å². The number of benzene rings is 3. The van der Waals surface area contributed by atoms with E-state index in [2.05, 4.69) is 15.6 Å². The van der Waals surface area contributed by atoms with Gasteiger partial charge in [0.15, 0.2) is 11.5 Å². The second-order valence-corrected chi connectivity index (χ2v) is 10.2. The van der Waals surface area contributed by atoms with Crippen molar-refractivity contribution in [3.05, 3.63) is 72.3 Å². The summed E-state index contributed by atoms with van der Waals surface area (Å²) in [6, 6.07) is 18.8. The second-order valence-electron chi connectivity index (χ2n) is 10.2. The number of hydrogen-bond acceptors (Lipinski definition) is 7. The van der Waals surface area contributed by atoms with Crippen LogP contribution in [0.3, 0.4) is 0 Å². The van der Waals surface area contributed by atoms with E-state index < -0.39 is 11.6 Å². The maximum absolute atomic E-state index is 14.3. The van der Waals surface area contributed by atoms with Gasteiger partial charge in [0.25, 0.3) is 0 Å². The Morgan fingerprint density at radius 3 is 2.50 bits per heavy atom. The van der Waals surface area contributed by atoms with Crippen molar-refractivity contribution in [2.75, 3.05) is 25.2 Å². The number of ether oxygens (including phenoxy) is 3. The highest BCUT2D eigenvalue weighted by molar-refractivity contribution is 6.02. The second kappa shape index (κ2) is 11.3. The van der Waals surface area contributed by atoms with E-state index in [9.17, 15) is 9.59 Å². The van der Waals surface area contributed by atoms with E-state index in [1.165, 1.54) is 4.90 Å². The van der Waals surface area contributed by atoms with Crippen LogP contribution in [0.2, 0.25) is 0 Å². The van der Waals surface area contributed by atoms with E-state index in [-0.39, 0.29) is 18.4 Å². The molecule has 0 saturated carbocycles. The topological polar surface area (TPSA) is 108 Å². The molecule has 4 aromatic rings. The summed E-state index contributed by atoms with van der Waals surface area (Å²) in [5.74, 6) is 1.07. The third-order valence-corrected chi connectivity index (χ3v) is 7.06. The van der Waals surface area contributed by atoms with Crippen molar-refractivity contribution in [2.45, 2.75) is 45.3 Å². The zero-order valence-electron chi connectivity index (χ0n) is 23.1. The maximum Gasteiger partial charge on any atom is 0.249 e. The SMILES string of the molecule is CCC(C)(C)NC(=O)[C@H](c1ccc(OC)cc1)N(C(=O)Cn1nnc2ccccc21)c1ccc2c(c1)OCCO2. The van der Waals surface area contributed by atoms with Gasteiger partial charge in [-0.15, -0.1) is 5.10 Å². The molecule has 0 spiro atoms. The van der Waals surface area contributed by atoms with Crippen molar-refractivity contribution >= 4 is 28.5 Å². The van der Waals surface area contributed by atoms with Gasteiger partial charge in [-0.1, -0.05) is 36.4 Å². The van der Waals surface area contributed by atoms with Gasteiger partial charge in [0, 0.05) is 17.3 Å². The van der Waals surface area contributed by atoms with Crippen molar-refractivity contribution in [3.8, 4) is 17.2 Å². The number of nitrogens with one attached hydrogen (secondary N) is 1. The molecule has 0 aliphatic carbocycles.